The molecule has 0 aliphatic carbocycles. The molecule has 0 radical (unpaired) electrons. The number of rotatable bonds is 5. The summed E-state index contributed by atoms with van der Waals surface area (Å²) in [4.78, 5) is 4.53. The Labute approximate surface area is 98.5 Å². The maximum atomic E-state index is 9.30. The average molecular weight is 225 g/mol. The third-order valence-corrected chi connectivity index (χ3v) is 3.08. The molecule has 0 saturated carbocycles. The van der Waals surface area contributed by atoms with Crippen molar-refractivity contribution in [2.24, 2.45) is 0 Å². The topological polar surface area (TPSA) is 50.5 Å². The van der Waals surface area contributed by atoms with Gasteiger partial charge in [0.25, 0.3) is 0 Å². The second kappa shape index (κ2) is 6.85. The van der Waals surface area contributed by atoms with E-state index in [2.05, 4.69) is 22.8 Å². The van der Waals surface area contributed by atoms with Crippen LogP contribution in [0.5, 0.6) is 0 Å². The molecule has 0 aromatic carbocycles. The van der Waals surface area contributed by atoms with Gasteiger partial charge >= 0.3 is 0 Å². The second-order valence-corrected chi connectivity index (χ2v) is 4.62. The van der Waals surface area contributed by atoms with E-state index in [1.54, 1.807) is 0 Å². The minimum absolute atomic E-state index is 0.0821. The first-order valence-corrected chi connectivity index (χ1v) is 6.21. The van der Waals surface area contributed by atoms with E-state index in [4.69, 9.17) is 5.26 Å². The maximum Gasteiger partial charge on any atom is 0.0978 e. The SMILES string of the molecule is CCCC(C#N)N1CCN(CC(C)O)CC1. The van der Waals surface area contributed by atoms with Crippen molar-refractivity contribution < 1.29 is 5.11 Å². The van der Waals surface area contributed by atoms with Gasteiger partial charge in [-0.2, -0.15) is 5.26 Å². The van der Waals surface area contributed by atoms with E-state index in [0.717, 1.165) is 45.6 Å². The first-order chi connectivity index (χ1) is 7.67. The quantitative estimate of drug-likeness (QED) is 0.747. The van der Waals surface area contributed by atoms with E-state index in [1.165, 1.54) is 0 Å². The lowest BCUT2D eigenvalue weighted by atomic mass is 10.1. The normalized spacial score (nSPS) is 22.6. The summed E-state index contributed by atoms with van der Waals surface area (Å²) in [6.45, 7) is 8.52. The molecule has 1 fully saturated rings. The number of β-amino-alcohol motifs (C(OH)–C–C–N with tert-alkyl or cyclic N) is 1. The van der Waals surface area contributed by atoms with Crippen molar-refractivity contribution >= 4 is 0 Å². The van der Waals surface area contributed by atoms with Crippen LogP contribution in [0.4, 0.5) is 0 Å². The van der Waals surface area contributed by atoms with Crippen LogP contribution in [0.15, 0.2) is 0 Å². The van der Waals surface area contributed by atoms with Gasteiger partial charge in [-0.25, -0.2) is 0 Å². The molecule has 1 saturated heterocycles. The number of nitrogens with zero attached hydrogens (tertiary/aromatic N) is 3. The number of aliphatic hydroxyl groups is 1. The van der Waals surface area contributed by atoms with Gasteiger partial charge in [0.1, 0.15) is 0 Å². The van der Waals surface area contributed by atoms with Crippen LogP contribution in [0.2, 0.25) is 0 Å². The highest BCUT2D eigenvalue weighted by molar-refractivity contribution is 4.93. The summed E-state index contributed by atoms with van der Waals surface area (Å²) >= 11 is 0. The number of piperazine rings is 1. The van der Waals surface area contributed by atoms with Crippen molar-refractivity contribution in [1.82, 2.24) is 9.80 Å². The zero-order valence-corrected chi connectivity index (χ0v) is 10.4. The molecular formula is C12H23N3O. The lowest BCUT2D eigenvalue weighted by Crippen LogP contribution is -2.51. The molecule has 1 heterocycles. The summed E-state index contributed by atoms with van der Waals surface area (Å²) in [6.07, 6.45) is 1.77. The molecule has 2 atom stereocenters. The van der Waals surface area contributed by atoms with Crippen LogP contribution in [-0.2, 0) is 0 Å². The molecule has 1 N–H and O–H groups in total. The maximum absolute atomic E-state index is 9.30. The summed E-state index contributed by atoms with van der Waals surface area (Å²) < 4.78 is 0. The molecule has 1 aliphatic heterocycles. The zero-order chi connectivity index (χ0) is 12.0. The Kier molecular flexibility index (Phi) is 5.75. The summed E-state index contributed by atoms with van der Waals surface area (Å²) in [6, 6.07) is 2.47. The minimum Gasteiger partial charge on any atom is -0.392 e. The minimum atomic E-state index is -0.256. The van der Waals surface area contributed by atoms with Crippen molar-refractivity contribution in [3.63, 3.8) is 0 Å². The van der Waals surface area contributed by atoms with Crippen LogP contribution < -0.4 is 0 Å². The van der Waals surface area contributed by atoms with Crippen molar-refractivity contribution in [1.29, 1.82) is 5.26 Å². The molecule has 4 heteroatoms. The summed E-state index contributed by atoms with van der Waals surface area (Å²) in [5, 5.41) is 18.4. The Morgan fingerprint density at radius 1 is 1.31 bits per heavy atom. The Balaban J connectivity index is 2.33. The van der Waals surface area contributed by atoms with Crippen LogP contribution in [0, 0.1) is 11.3 Å². The van der Waals surface area contributed by atoms with Gasteiger partial charge in [0.15, 0.2) is 0 Å². The predicted octanol–water partition coefficient (Wildman–Crippen LogP) is 0.677. The molecule has 1 rings (SSSR count). The Morgan fingerprint density at radius 2 is 1.94 bits per heavy atom. The molecule has 2 unspecified atom stereocenters. The van der Waals surface area contributed by atoms with E-state index in [9.17, 15) is 5.11 Å². The summed E-state index contributed by atoms with van der Waals surface area (Å²) in [7, 11) is 0. The monoisotopic (exact) mass is 225 g/mol. The molecule has 92 valence electrons. The van der Waals surface area contributed by atoms with Crippen molar-refractivity contribution in [2.75, 3.05) is 32.7 Å². The van der Waals surface area contributed by atoms with Gasteiger partial charge in [-0.3, -0.25) is 9.80 Å². The van der Waals surface area contributed by atoms with Crippen LogP contribution in [0.1, 0.15) is 26.7 Å². The standard InChI is InChI=1S/C12H23N3O/c1-3-4-12(9-13)15-7-5-14(6-8-15)10-11(2)16/h11-12,16H,3-8,10H2,1-2H3. The summed E-state index contributed by atoms with van der Waals surface area (Å²) in [5.41, 5.74) is 0. The van der Waals surface area contributed by atoms with Crippen LogP contribution in [0.3, 0.4) is 0 Å². The van der Waals surface area contributed by atoms with Gasteiger partial charge in [-0.1, -0.05) is 13.3 Å². The van der Waals surface area contributed by atoms with E-state index >= 15 is 0 Å². The lowest BCUT2D eigenvalue weighted by Gasteiger charge is -2.37. The van der Waals surface area contributed by atoms with Gasteiger partial charge < -0.3 is 5.11 Å². The first kappa shape index (κ1) is 13.4. The van der Waals surface area contributed by atoms with Gasteiger partial charge in [-0.05, 0) is 13.3 Å². The lowest BCUT2D eigenvalue weighted by molar-refractivity contribution is 0.0703. The number of aliphatic hydroxyl groups excluding tert-OH is 1. The predicted molar refractivity (Wildman–Crippen MR) is 64.0 cm³/mol. The van der Waals surface area contributed by atoms with E-state index in [0.29, 0.717) is 0 Å². The van der Waals surface area contributed by atoms with Crippen molar-refractivity contribution in [3.05, 3.63) is 0 Å². The largest absolute Gasteiger partial charge is 0.392 e. The van der Waals surface area contributed by atoms with Crippen LogP contribution >= 0.6 is 0 Å². The first-order valence-electron chi connectivity index (χ1n) is 6.21. The van der Waals surface area contributed by atoms with E-state index in [-0.39, 0.29) is 12.1 Å². The Bertz CT molecular complexity index is 229. The molecule has 1 aliphatic rings. The fourth-order valence-corrected chi connectivity index (χ4v) is 2.23. The second-order valence-electron chi connectivity index (χ2n) is 4.62. The average Bonchev–Trinajstić information content (AvgIpc) is 2.26. The third-order valence-electron chi connectivity index (χ3n) is 3.08. The number of nitriles is 1. The number of hydrogen-bond acceptors (Lipinski definition) is 4. The highest BCUT2D eigenvalue weighted by Crippen LogP contribution is 2.10. The van der Waals surface area contributed by atoms with Gasteiger partial charge in [0.2, 0.25) is 0 Å². The smallest absolute Gasteiger partial charge is 0.0978 e. The fourth-order valence-electron chi connectivity index (χ4n) is 2.23. The van der Waals surface area contributed by atoms with E-state index in [1.807, 2.05) is 6.92 Å². The molecule has 0 aromatic heterocycles. The van der Waals surface area contributed by atoms with Gasteiger partial charge in [0, 0.05) is 32.7 Å². The highest BCUT2D eigenvalue weighted by atomic mass is 16.3. The molecular weight excluding hydrogens is 202 g/mol. The molecule has 0 spiro atoms. The Morgan fingerprint density at radius 3 is 2.38 bits per heavy atom. The van der Waals surface area contributed by atoms with Gasteiger partial charge in [-0.15, -0.1) is 0 Å². The molecule has 16 heavy (non-hydrogen) atoms. The van der Waals surface area contributed by atoms with Crippen LogP contribution in [-0.4, -0.2) is 59.8 Å². The molecule has 4 nitrogen and oxygen atoms in total. The van der Waals surface area contributed by atoms with Crippen molar-refractivity contribution in [3.8, 4) is 6.07 Å². The third kappa shape index (κ3) is 4.09. The molecule has 0 bridgehead atoms. The zero-order valence-electron chi connectivity index (χ0n) is 10.4. The molecule has 0 aromatic rings. The molecule has 0 amide bonds. The van der Waals surface area contributed by atoms with Crippen molar-refractivity contribution in [2.45, 2.75) is 38.8 Å². The van der Waals surface area contributed by atoms with Gasteiger partial charge in [0.05, 0.1) is 18.2 Å². The number of hydrogen-bond donors (Lipinski definition) is 1. The summed E-state index contributed by atoms with van der Waals surface area (Å²) in [5.74, 6) is 0. The van der Waals surface area contributed by atoms with Crippen LogP contribution in [0.25, 0.3) is 0 Å². The van der Waals surface area contributed by atoms with E-state index < -0.39 is 0 Å². The Hall–Kier alpha value is -0.630. The fraction of sp³-hybridized carbons (Fsp3) is 0.917. The highest BCUT2D eigenvalue weighted by Gasteiger charge is 2.23.